The van der Waals surface area contributed by atoms with Crippen LogP contribution in [0.15, 0.2) is 54.6 Å². The van der Waals surface area contributed by atoms with Crippen molar-refractivity contribution < 1.29 is 9.84 Å². The number of ether oxygens (including phenoxy) is 1. The zero-order valence-corrected chi connectivity index (χ0v) is 15.1. The molecule has 0 aliphatic carbocycles. The predicted octanol–water partition coefficient (Wildman–Crippen LogP) is 4.38. The first-order valence-electron chi connectivity index (χ1n) is 8.43. The van der Waals surface area contributed by atoms with E-state index in [1.54, 1.807) is 12.1 Å². The SMILES string of the molecule is CC[C@H](C)N(Cc1ccccc1)C[C@@H](O)COc1ccc(Cl)cc1. The molecule has 130 valence electrons. The Morgan fingerprint density at radius 2 is 1.75 bits per heavy atom. The van der Waals surface area contributed by atoms with E-state index in [1.807, 2.05) is 30.3 Å². The van der Waals surface area contributed by atoms with Gasteiger partial charge in [0.15, 0.2) is 0 Å². The Morgan fingerprint density at radius 1 is 1.08 bits per heavy atom. The molecule has 0 aliphatic rings. The van der Waals surface area contributed by atoms with Crippen LogP contribution in [0.2, 0.25) is 5.02 Å². The van der Waals surface area contributed by atoms with Crippen molar-refractivity contribution in [2.45, 2.75) is 39.0 Å². The Morgan fingerprint density at radius 3 is 2.38 bits per heavy atom. The Balaban J connectivity index is 1.89. The number of halogens is 1. The molecule has 2 atom stereocenters. The van der Waals surface area contributed by atoms with Gasteiger partial charge in [-0.05, 0) is 43.2 Å². The van der Waals surface area contributed by atoms with E-state index in [1.165, 1.54) is 5.56 Å². The first kappa shape index (κ1) is 18.8. The van der Waals surface area contributed by atoms with Crippen LogP contribution in [0.4, 0.5) is 0 Å². The van der Waals surface area contributed by atoms with Gasteiger partial charge in [-0.15, -0.1) is 0 Å². The van der Waals surface area contributed by atoms with Crippen LogP contribution in [0.3, 0.4) is 0 Å². The van der Waals surface area contributed by atoms with Crippen molar-refractivity contribution in [2.75, 3.05) is 13.2 Å². The zero-order chi connectivity index (χ0) is 17.4. The molecule has 3 nitrogen and oxygen atoms in total. The van der Waals surface area contributed by atoms with E-state index in [0.717, 1.165) is 18.7 Å². The minimum atomic E-state index is -0.543. The fourth-order valence-corrected chi connectivity index (χ4v) is 2.65. The van der Waals surface area contributed by atoms with Crippen LogP contribution < -0.4 is 4.74 Å². The summed E-state index contributed by atoms with van der Waals surface area (Å²) in [6, 6.07) is 17.9. The van der Waals surface area contributed by atoms with Gasteiger partial charge in [-0.25, -0.2) is 0 Å². The van der Waals surface area contributed by atoms with Gasteiger partial charge >= 0.3 is 0 Å². The van der Waals surface area contributed by atoms with Gasteiger partial charge in [0.2, 0.25) is 0 Å². The number of rotatable bonds is 9. The number of hydrogen-bond donors (Lipinski definition) is 1. The quantitative estimate of drug-likeness (QED) is 0.730. The lowest BCUT2D eigenvalue weighted by atomic mass is 10.1. The monoisotopic (exact) mass is 347 g/mol. The van der Waals surface area contributed by atoms with E-state index in [2.05, 4.69) is 30.9 Å². The van der Waals surface area contributed by atoms with Gasteiger partial charge in [-0.2, -0.15) is 0 Å². The molecule has 0 aromatic heterocycles. The highest BCUT2D eigenvalue weighted by molar-refractivity contribution is 6.30. The second-order valence-electron chi connectivity index (χ2n) is 6.09. The lowest BCUT2D eigenvalue weighted by molar-refractivity contribution is 0.0506. The number of aliphatic hydroxyl groups excluding tert-OH is 1. The van der Waals surface area contributed by atoms with E-state index in [-0.39, 0.29) is 6.61 Å². The minimum absolute atomic E-state index is 0.267. The van der Waals surface area contributed by atoms with Crippen LogP contribution in [-0.4, -0.2) is 35.3 Å². The van der Waals surface area contributed by atoms with E-state index < -0.39 is 6.10 Å². The summed E-state index contributed by atoms with van der Waals surface area (Å²) in [6.07, 6.45) is 0.496. The Bertz CT molecular complexity index is 588. The van der Waals surface area contributed by atoms with Gasteiger partial charge in [-0.3, -0.25) is 4.90 Å². The van der Waals surface area contributed by atoms with Gasteiger partial charge in [0, 0.05) is 24.2 Å². The molecule has 24 heavy (non-hydrogen) atoms. The third-order valence-electron chi connectivity index (χ3n) is 4.14. The molecule has 0 spiro atoms. The third kappa shape index (κ3) is 6.16. The first-order valence-corrected chi connectivity index (χ1v) is 8.80. The highest BCUT2D eigenvalue weighted by Crippen LogP contribution is 2.16. The first-order chi connectivity index (χ1) is 11.6. The second-order valence-corrected chi connectivity index (χ2v) is 6.53. The van der Waals surface area contributed by atoms with Crippen LogP contribution in [0.25, 0.3) is 0 Å². The van der Waals surface area contributed by atoms with Crippen molar-refractivity contribution >= 4 is 11.6 Å². The van der Waals surface area contributed by atoms with Crippen LogP contribution in [0.1, 0.15) is 25.8 Å². The highest BCUT2D eigenvalue weighted by Gasteiger charge is 2.17. The molecule has 0 aliphatic heterocycles. The predicted molar refractivity (Wildman–Crippen MR) is 99.6 cm³/mol. The topological polar surface area (TPSA) is 32.7 Å². The molecule has 2 rings (SSSR count). The van der Waals surface area contributed by atoms with Crippen LogP contribution >= 0.6 is 11.6 Å². The van der Waals surface area contributed by atoms with Gasteiger partial charge in [0.1, 0.15) is 18.5 Å². The van der Waals surface area contributed by atoms with E-state index in [4.69, 9.17) is 16.3 Å². The molecule has 0 saturated carbocycles. The summed E-state index contributed by atoms with van der Waals surface area (Å²) in [7, 11) is 0. The van der Waals surface area contributed by atoms with E-state index in [9.17, 15) is 5.11 Å². The molecule has 2 aromatic carbocycles. The van der Waals surface area contributed by atoms with Crippen molar-refractivity contribution in [3.05, 3.63) is 65.2 Å². The molecule has 1 N–H and O–H groups in total. The van der Waals surface area contributed by atoms with Crippen molar-refractivity contribution in [3.8, 4) is 5.75 Å². The second kappa shape index (κ2) is 9.67. The molecule has 2 aromatic rings. The summed E-state index contributed by atoms with van der Waals surface area (Å²) < 4.78 is 5.65. The largest absolute Gasteiger partial charge is 0.491 e. The molecule has 0 fully saturated rings. The van der Waals surface area contributed by atoms with Crippen LogP contribution in [-0.2, 0) is 6.54 Å². The molecular weight excluding hydrogens is 322 g/mol. The molecule has 0 amide bonds. The standard InChI is InChI=1S/C20H26ClNO2/c1-3-16(2)22(13-17-7-5-4-6-8-17)14-19(23)15-24-20-11-9-18(21)10-12-20/h4-12,16,19,23H,3,13-15H2,1-2H3/t16-,19+/m0/s1. The maximum atomic E-state index is 10.4. The number of aliphatic hydroxyl groups is 1. The Hall–Kier alpha value is -1.55. The van der Waals surface area contributed by atoms with E-state index >= 15 is 0 Å². The molecule has 0 saturated heterocycles. The summed E-state index contributed by atoms with van der Waals surface area (Å²) in [4.78, 5) is 2.30. The lowest BCUT2D eigenvalue weighted by Crippen LogP contribution is -2.40. The normalized spacial score (nSPS) is 13.7. The van der Waals surface area contributed by atoms with E-state index in [0.29, 0.717) is 17.6 Å². The molecule has 0 unspecified atom stereocenters. The van der Waals surface area contributed by atoms with Crippen molar-refractivity contribution in [1.82, 2.24) is 4.90 Å². The van der Waals surface area contributed by atoms with Crippen molar-refractivity contribution in [3.63, 3.8) is 0 Å². The number of benzene rings is 2. The van der Waals surface area contributed by atoms with Gasteiger partial charge < -0.3 is 9.84 Å². The minimum Gasteiger partial charge on any atom is -0.491 e. The summed E-state index contributed by atoms with van der Waals surface area (Å²) in [5, 5.41) is 11.0. The van der Waals surface area contributed by atoms with Gasteiger partial charge in [0.25, 0.3) is 0 Å². The molecular formula is C20H26ClNO2. The summed E-state index contributed by atoms with van der Waals surface area (Å²) in [5.41, 5.74) is 1.25. The third-order valence-corrected chi connectivity index (χ3v) is 4.40. The fourth-order valence-electron chi connectivity index (χ4n) is 2.52. The average Bonchev–Trinajstić information content (AvgIpc) is 2.61. The summed E-state index contributed by atoms with van der Waals surface area (Å²) in [5.74, 6) is 0.719. The van der Waals surface area contributed by atoms with Crippen molar-refractivity contribution in [2.24, 2.45) is 0 Å². The summed E-state index contributed by atoms with van der Waals surface area (Å²) >= 11 is 5.86. The maximum absolute atomic E-state index is 10.4. The van der Waals surface area contributed by atoms with Crippen LogP contribution in [0.5, 0.6) is 5.75 Å². The number of hydrogen-bond acceptors (Lipinski definition) is 3. The average molecular weight is 348 g/mol. The number of nitrogens with zero attached hydrogens (tertiary/aromatic N) is 1. The van der Waals surface area contributed by atoms with Gasteiger partial charge in [-0.1, -0.05) is 48.9 Å². The van der Waals surface area contributed by atoms with Crippen molar-refractivity contribution in [1.29, 1.82) is 0 Å². The smallest absolute Gasteiger partial charge is 0.119 e. The Labute approximate surface area is 149 Å². The van der Waals surface area contributed by atoms with Gasteiger partial charge in [0.05, 0.1) is 0 Å². The molecule has 4 heteroatoms. The molecule has 0 radical (unpaired) electrons. The fraction of sp³-hybridized carbons (Fsp3) is 0.400. The highest BCUT2D eigenvalue weighted by atomic mass is 35.5. The Kier molecular flexibility index (Phi) is 7.57. The maximum Gasteiger partial charge on any atom is 0.119 e. The zero-order valence-electron chi connectivity index (χ0n) is 14.4. The van der Waals surface area contributed by atoms with Crippen LogP contribution in [0, 0.1) is 0 Å². The molecule has 0 heterocycles. The molecule has 0 bridgehead atoms. The lowest BCUT2D eigenvalue weighted by Gasteiger charge is -2.30. The summed E-state index contributed by atoms with van der Waals surface area (Å²) in [6.45, 7) is 6.03.